The van der Waals surface area contributed by atoms with E-state index in [1.165, 1.54) is 5.57 Å². The largest absolute Gasteiger partial charge is 0.299 e. The molecule has 0 amide bonds. The Balaban J connectivity index is 1.25. The van der Waals surface area contributed by atoms with Crippen LogP contribution in [0, 0.1) is 68.5 Å². The van der Waals surface area contributed by atoms with Crippen LogP contribution in [0.15, 0.2) is 23.8 Å². The number of carbonyl (C=O) groups excluding carboxylic acids is 4. The normalized spacial score (nSPS) is 54.8. The standard InChI is InChI=1S/C38H50O4/c1-34-15-13-29-26(28(34)8-10-32(34)41)12-18-38(21-23(39)11-17-36(29,38)3)31-20-24(40)19-22-5-6-25-27-7-9-33(42)35(27,2)16-14-30(25)37(22,31)4/h11,17,20,22,25-30H,5-10,12-16,18-19,21H2,1-4H3/t22?,25-,26-,27-,28-,29+,30+,34-,35-,36+,37-,38?/m0/s1. The molecular weight excluding hydrogens is 520 g/mol. The lowest BCUT2D eigenvalue weighted by Crippen LogP contribution is -2.62. The topological polar surface area (TPSA) is 68.3 Å². The van der Waals surface area contributed by atoms with Crippen LogP contribution in [0.1, 0.15) is 118 Å². The zero-order valence-electron chi connectivity index (χ0n) is 26.3. The molecule has 0 bridgehead atoms. The zero-order chi connectivity index (χ0) is 29.4. The van der Waals surface area contributed by atoms with Crippen molar-refractivity contribution in [2.24, 2.45) is 68.5 Å². The molecule has 8 aliphatic rings. The van der Waals surface area contributed by atoms with E-state index in [0.29, 0.717) is 65.8 Å². The molecule has 8 rings (SSSR count). The van der Waals surface area contributed by atoms with Gasteiger partial charge in [-0.2, -0.15) is 0 Å². The Morgan fingerprint density at radius 3 is 1.93 bits per heavy atom. The van der Waals surface area contributed by atoms with Crippen LogP contribution in [-0.4, -0.2) is 23.1 Å². The van der Waals surface area contributed by atoms with Crippen molar-refractivity contribution in [3.05, 3.63) is 23.8 Å². The highest BCUT2D eigenvalue weighted by molar-refractivity contribution is 5.95. The number of Topliss-reactive ketones (excluding diaryl/α,β-unsaturated/α-hetero) is 2. The quantitative estimate of drug-likeness (QED) is 0.325. The Morgan fingerprint density at radius 2 is 1.26 bits per heavy atom. The van der Waals surface area contributed by atoms with Gasteiger partial charge in [0.15, 0.2) is 11.6 Å². The van der Waals surface area contributed by atoms with E-state index in [2.05, 4.69) is 39.8 Å². The predicted molar refractivity (Wildman–Crippen MR) is 161 cm³/mol. The van der Waals surface area contributed by atoms with Crippen molar-refractivity contribution in [3.8, 4) is 0 Å². The van der Waals surface area contributed by atoms with Crippen molar-refractivity contribution in [3.63, 3.8) is 0 Å². The molecule has 4 heteroatoms. The lowest BCUT2D eigenvalue weighted by Gasteiger charge is -2.68. The highest BCUT2D eigenvalue weighted by atomic mass is 16.1. The fourth-order valence-corrected chi connectivity index (χ4v) is 14.2. The van der Waals surface area contributed by atoms with Crippen LogP contribution < -0.4 is 0 Å². The van der Waals surface area contributed by atoms with E-state index in [9.17, 15) is 19.2 Å². The van der Waals surface area contributed by atoms with E-state index in [4.69, 9.17) is 0 Å². The van der Waals surface area contributed by atoms with Gasteiger partial charge in [0.2, 0.25) is 0 Å². The summed E-state index contributed by atoms with van der Waals surface area (Å²) in [4.78, 5) is 53.4. The molecule has 0 saturated heterocycles. The summed E-state index contributed by atoms with van der Waals surface area (Å²) in [5.41, 5.74) is 0.331. The first-order chi connectivity index (χ1) is 19.9. The summed E-state index contributed by atoms with van der Waals surface area (Å²) in [6, 6.07) is 0. The van der Waals surface area contributed by atoms with Crippen molar-refractivity contribution >= 4 is 23.1 Å². The third-order valence-corrected chi connectivity index (χ3v) is 16.4. The van der Waals surface area contributed by atoms with E-state index in [1.807, 2.05) is 6.08 Å². The lowest BCUT2D eigenvalue weighted by atomic mass is 9.35. The number of ketones is 4. The van der Waals surface area contributed by atoms with Crippen molar-refractivity contribution < 1.29 is 19.2 Å². The van der Waals surface area contributed by atoms with Crippen LogP contribution >= 0.6 is 0 Å². The fourth-order valence-electron chi connectivity index (χ4n) is 14.2. The second-order valence-corrected chi connectivity index (χ2v) is 17.3. The highest BCUT2D eigenvalue weighted by Gasteiger charge is 2.69. The SMILES string of the molecule is C[C@]12C(C34CC[C@@H]5[C@@H](CC[C@]6(C)C(=O)CC[C@@H]56)[C@@]3(C)C=CC(=O)C4)=CC(=O)CC1CC[C@@H]1[C@H]2CC[C@]2(C)C(=O)CC[C@@H]12. The molecule has 0 radical (unpaired) electrons. The van der Waals surface area contributed by atoms with E-state index in [0.717, 1.165) is 77.0 Å². The van der Waals surface area contributed by atoms with E-state index in [-0.39, 0.29) is 38.6 Å². The average molecular weight is 571 g/mol. The number of allylic oxidation sites excluding steroid dienone is 4. The number of hydrogen-bond acceptors (Lipinski definition) is 4. The van der Waals surface area contributed by atoms with Crippen LogP contribution in [0.4, 0.5) is 0 Å². The van der Waals surface area contributed by atoms with Crippen LogP contribution in [0.3, 0.4) is 0 Å². The number of hydrogen-bond donors (Lipinski definition) is 0. The second-order valence-electron chi connectivity index (χ2n) is 17.3. The molecule has 0 aromatic heterocycles. The van der Waals surface area contributed by atoms with Crippen LogP contribution in [0.25, 0.3) is 0 Å². The van der Waals surface area contributed by atoms with Gasteiger partial charge in [-0.05, 0) is 129 Å². The molecule has 0 spiro atoms. The van der Waals surface area contributed by atoms with Gasteiger partial charge in [0.05, 0.1) is 0 Å². The van der Waals surface area contributed by atoms with E-state index >= 15 is 0 Å². The van der Waals surface area contributed by atoms with Crippen LogP contribution in [0.5, 0.6) is 0 Å². The Hall–Kier alpha value is -1.84. The summed E-state index contributed by atoms with van der Waals surface area (Å²) in [6.07, 6.45) is 19.1. The smallest absolute Gasteiger partial charge is 0.156 e. The highest BCUT2D eigenvalue weighted by Crippen LogP contribution is 2.75. The van der Waals surface area contributed by atoms with Crippen LogP contribution in [0.2, 0.25) is 0 Å². The maximum absolute atomic E-state index is 13.7. The molecule has 0 N–H and O–H groups in total. The molecule has 0 aliphatic heterocycles. The minimum atomic E-state index is -0.340. The first kappa shape index (κ1) is 27.7. The number of fused-ring (bicyclic) bond motifs is 10. The second kappa shape index (κ2) is 8.66. The monoisotopic (exact) mass is 570 g/mol. The summed E-state index contributed by atoms with van der Waals surface area (Å²) in [6.45, 7) is 9.45. The summed E-state index contributed by atoms with van der Waals surface area (Å²) >= 11 is 0. The maximum atomic E-state index is 13.7. The summed E-state index contributed by atoms with van der Waals surface area (Å²) in [5.74, 6) is 4.61. The average Bonchev–Trinajstić information content (AvgIpc) is 3.43. The first-order valence-corrected chi connectivity index (χ1v) is 17.4. The van der Waals surface area contributed by atoms with Gasteiger partial charge < -0.3 is 0 Å². The molecule has 0 heterocycles. The number of rotatable bonds is 1. The third-order valence-electron chi connectivity index (χ3n) is 16.4. The Labute approximate surface area is 251 Å². The third kappa shape index (κ3) is 3.16. The maximum Gasteiger partial charge on any atom is 0.156 e. The molecule has 6 fully saturated rings. The molecule has 42 heavy (non-hydrogen) atoms. The van der Waals surface area contributed by atoms with Crippen molar-refractivity contribution in [1.29, 1.82) is 0 Å². The molecule has 0 aromatic carbocycles. The van der Waals surface area contributed by atoms with Gasteiger partial charge in [-0.25, -0.2) is 0 Å². The molecular formula is C38H50O4. The molecule has 2 unspecified atom stereocenters. The van der Waals surface area contributed by atoms with Crippen LogP contribution in [-0.2, 0) is 19.2 Å². The van der Waals surface area contributed by atoms with Crippen molar-refractivity contribution in [1.82, 2.24) is 0 Å². The Bertz CT molecular complexity index is 1350. The summed E-state index contributed by atoms with van der Waals surface area (Å²) < 4.78 is 0. The van der Waals surface area contributed by atoms with Gasteiger partial charge in [-0.15, -0.1) is 0 Å². The van der Waals surface area contributed by atoms with Gasteiger partial charge in [-0.3, -0.25) is 19.2 Å². The molecule has 12 atom stereocenters. The number of carbonyl (C=O) groups is 4. The molecule has 6 saturated carbocycles. The van der Waals surface area contributed by atoms with Gasteiger partial charge in [0, 0.05) is 41.9 Å². The van der Waals surface area contributed by atoms with Gasteiger partial charge in [0.1, 0.15) is 11.6 Å². The minimum Gasteiger partial charge on any atom is -0.299 e. The van der Waals surface area contributed by atoms with Gasteiger partial charge in [0.25, 0.3) is 0 Å². The van der Waals surface area contributed by atoms with E-state index in [1.54, 1.807) is 0 Å². The van der Waals surface area contributed by atoms with Gasteiger partial charge >= 0.3 is 0 Å². The predicted octanol–water partition coefficient (Wildman–Crippen LogP) is 7.64. The zero-order valence-corrected chi connectivity index (χ0v) is 26.3. The summed E-state index contributed by atoms with van der Waals surface area (Å²) in [7, 11) is 0. The minimum absolute atomic E-state index is 0.115. The molecule has 8 aliphatic carbocycles. The fraction of sp³-hybridized carbons (Fsp3) is 0.789. The Morgan fingerprint density at radius 1 is 0.643 bits per heavy atom. The molecule has 226 valence electrons. The van der Waals surface area contributed by atoms with Crippen molar-refractivity contribution in [2.75, 3.05) is 0 Å². The summed E-state index contributed by atoms with van der Waals surface area (Å²) in [5, 5.41) is 0. The Kier molecular flexibility index (Phi) is 5.71. The first-order valence-electron chi connectivity index (χ1n) is 17.4. The van der Waals surface area contributed by atoms with E-state index < -0.39 is 0 Å². The van der Waals surface area contributed by atoms with Gasteiger partial charge in [-0.1, -0.05) is 39.3 Å². The van der Waals surface area contributed by atoms with Crippen molar-refractivity contribution in [2.45, 2.75) is 118 Å². The lowest BCUT2D eigenvalue weighted by molar-refractivity contribution is -0.152. The molecule has 0 aromatic rings. The molecule has 4 nitrogen and oxygen atoms in total.